The van der Waals surface area contributed by atoms with Gasteiger partial charge in [0, 0.05) is 17.3 Å². The SMILES string of the molecule is Cc1cnn(-c2nsc3ccc(N)cc23)c1. The summed E-state index contributed by atoms with van der Waals surface area (Å²) >= 11 is 1.46. The summed E-state index contributed by atoms with van der Waals surface area (Å²) in [5.74, 6) is 0.848. The highest BCUT2D eigenvalue weighted by molar-refractivity contribution is 7.13. The van der Waals surface area contributed by atoms with E-state index >= 15 is 0 Å². The zero-order valence-electron chi connectivity index (χ0n) is 8.71. The van der Waals surface area contributed by atoms with Gasteiger partial charge in [-0.05, 0) is 42.2 Å². The van der Waals surface area contributed by atoms with E-state index in [0.29, 0.717) is 0 Å². The van der Waals surface area contributed by atoms with E-state index in [2.05, 4.69) is 9.47 Å². The Bertz CT molecular complexity index is 653. The molecule has 0 aliphatic carbocycles. The van der Waals surface area contributed by atoms with E-state index < -0.39 is 0 Å². The van der Waals surface area contributed by atoms with E-state index in [1.54, 1.807) is 4.68 Å². The van der Waals surface area contributed by atoms with Gasteiger partial charge in [-0.2, -0.15) is 9.47 Å². The molecule has 0 bridgehead atoms. The van der Waals surface area contributed by atoms with Gasteiger partial charge in [0.2, 0.25) is 0 Å². The lowest BCUT2D eigenvalue weighted by Gasteiger charge is -1.97. The predicted molar refractivity (Wildman–Crippen MR) is 65.9 cm³/mol. The van der Waals surface area contributed by atoms with Crippen molar-refractivity contribution in [1.82, 2.24) is 14.2 Å². The van der Waals surface area contributed by atoms with E-state index in [1.165, 1.54) is 11.5 Å². The van der Waals surface area contributed by atoms with Crippen LogP contribution in [0.1, 0.15) is 5.56 Å². The Kier molecular flexibility index (Phi) is 1.94. The monoisotopic (exact) mass is 230 g/mol. The standard InChI is InChI=1S/C11H10N4S/c1-7-5-13-15(6-7)11-9-4-8(12)2-3-10(9)16-14-11/h2-6H,12H2,1H3. The minimum atomic E-state index is 0.748. The number of hydrogen-bond donors (Lipinski definition) is 1. The topological polar surface area (TPSA) is 56.7 Å². The highest BCUT2D eigenvalue weighted by atomic mass is 32.1. The average molecular weight is 230 g/mol. The van der Waals surface area contributed by atoms with Gasteiger partial charge in [-0.15, -0.1) is 0 Å². The largest absolute Gasteiger partial charge is 0.399 e. The first kappa shape index (κ1) is 9.35. The molecule has 2 heterocycles. The van der Waals surface area contributed by atoms with E-state index in [-0.39, 0.29) is 0 Å². The third-order valence-electron chi connectivity index (χ3n) is 2.40. The van der Waals surface area contributed by atoms with Gasteiger partial charge in [-0.1, -0.05) is 0 Å². The van der Waals surface area contributed by atoms with Gasteiger partial charge in [-0.25, -0.2) is 4.68 Å². The van der Waals surface area contributed by atoms with Gasteiger partial charge < -0.3 is 5.73 Å². The van der Waals surface area contributed by atoms with Gasteiger partial charge >= 0.3 is 0 Å². The highest BCUT2D eigenvalue weighted by Gasteiger charge is 2.08. The molecule has 0 saturated heterocycles. The molecule has 0 aliphatic rings. The molecular weight excluding hydrogens is 220 g/mol. The number of hydrogen-bond acceptors (Lipinski definition) is 4. The van der Waals surface area contributed by atoms with Crippen LogP contribution in [0.4, 0.5) is 5.69 Å². The van der Waals surface area contributed by atoms with Crippen LogP contribution in [0.25, 0.3) is 15.9 Å². The van der Waals surface area contributed by atoms with Gasteiger partial charge in [0.1, 0.15) is 0 Å². The lowest BCUT2D eigenvalue weighted by molar-refractivity contribution is 0.867. The second kappa shape index (κ2) is 3.31. The molecule has 0 spiro atoms. The van der Waals surface area contributed by atoms with Crippen molar-refractivity contribution in [2.45, 2.75) is 6.92 Å². The Balaban J connectivity index is 2.27. The van der Waals surface area contributed by atoms with Crippen LogP contribution in [0.5, 0.6) is 0 Å². The number of aryl methyl sites for hydroxylation is 1. The van der Waals surface area contributed by atoms with E-state index in [9.17, 15) is 0 Å². The number of nitrogens with two attached hydrogens (primary N) is 1. The van der Waals surface area contributed by atoms with Crippen LogP contribution >= 0.6 is 11.5 Å². The summed E-state index contributed by atoms with van der Waals surface area (Å²) in [6.45, 7) is 2.01. The van der Waals surface area contributed by atoms with Crippen LogP contribution in [0.2, 0.25) is 0 Å². The fourth-order valence-corrected chi connectivity index (χ4v) is 2.38. The Morgan fingerprint density at radius 1 is 1.38 bits per heavy atom. The van der Waals surface area contributed by atoms with E-state index in [4.69, 9.17) is 5.73 Å². The molecule has 0 aliphatic heterocycles. The maximum atomic E-state index is 5.78. The number of nitrogens with zero attached hydrogens (tertiary/aromatic N) is 3. The molecule has 2 N–H and O–H groups in total. The Labute approximate surface area is 96.5 Å². The van der Waals surface area contributed by atoms with Gasteiger partial charge in [0.15, 0.2) is 5.82 Å². The van der Waals surface area contributed by atoms with Gasteiger partial charge in [0.05, 0.1) is 10.9 Å². The van der Waals surface area contributed by atoms with Crippen molar-refractivity contribution in [3.8, 4) is 5.82 Å². The van der Waals surface area contributed by atoms with Crippen LogP contribution < -0.4 is 5.73 Å². The molecule has 1 aromatic carbocycles. The van der Waals surface area contributed by atoms with Crippen LogP contribution in [0.15, 0.2) is 30.6 Å². The van der Waals surface area contributed by atoms with Crippen molar-refractivity contribution in [1.29, 1.82) is 0 Å². The molecule has 0 fully saturated rings. The number of rotatable bonds is 1. The second-order valence-electron chi connectivity index (χ2n) is 3.72. The first-order valence-corrected chi connectivity index (χ1v) is 5.68. The van der Waals surface area contributed by atoms with E-state index in [1.807, 2.05) is 37.5 Å². The maximum Gasteiger partial charge on any atom is 0.174 e. The van der Waals surface area contributed by atoms with Crippen molar-refractivity contribution < 1.29 is 0 Å². The van der Waals surface area contributed by atoms with Gasteiger partial charge in [0.25, 0.3) is 0 Å². The second-order valence-corrected chi connectivity index (χ2v) is 4.53. The number of aromatic nitrogens is 3. The lowest BCUT2D eigenvalue weighted by atomic mass is 10.2. The summed E-state index contributed by atoms with van der Waals surface area (Å²) < 4.78 is 7.31. The first-order valence-electron chi connectivity index (χ1n) is 4.90. The molecule has 0 atom stereocenters. The number of benzene rings is 1. The smallest absolute Gasteiger partial charge is 0.174 e. The summed E-state index contributed by atoms with van der Waals surface area (Å²) in [6, 6.07) is 5.81. The molecule has 2 aromatic heterocycles. The zero-order chi connectivity index (χ0) is 11.1. The minimum absolute atomic E-state index is 0.748. The number of fused-ring (bicyclic) bond motifs is 1. The molecule has 0 amide bonds. The van der Waals surface area contributed by atoms with Crippen molar-refractivity contribution in [2.75, 3.05) is 5.73 Å². The minimum Gasteiger partial charge on any atom is -0.399 e. The summed E-state index contributed by atoms with van der Waals surface area (Å²) in [7, 11) is 0. The Hall–Kier alpha value is -1.88. The lowest BCUT2D eigenvalue weighted by Crippen LogP contribution is -1.94. The Morgan fingerprint density at radius 3 is 3.00 bits per heavy atom. The summed E-state index contributed by atoms with van der Waals surface area (Å²) in [6.07, 6.45) is 3.77. The highest BCUT2D eigenvalue weighted by Crippen LogP contribution is 2.27. The van der Waals surface area contributed by atoms with Crippen molar-refractivity contribution in [3.05, 3.63) is 36.2 Å². The van der Waals surface area contributed by atoms with Crippen molar-refractivity contribution in [3.63, 3.8) is 0 Å². The summed E-state index contributed by atoms with van der Waals surface area (Å²) in [5, 5.41) is 5.31. The maximum absolute atomic E-state index is 5.78. The normalized spacial score (nSPS) is 11.1. The predicted octanol–water partition coefficient (Wildman–Crippen LogP) is 2.37. The van der Waals surface area contributed by atoms with Crippen molar-refractivity contribution >= 4 is 27.3 Å². The third-order valence-corrected chi connectivity index (χ3v) is 3.22. The van der Waals surface area contributed by atoms with Crippen LogP contribution in [0, 0.1) is 6.92 Å². The summed E-state index contributed by atoms with van der Waals surface area (Å²) in [4.78, 5) is 0. The number of nitrogen functional groups attached to an aromatic ring is 1. The van der Waals surface area contributed by atoms with Crippen molar-refractivity contribution in [2.24, 2.45) is 0 Å². The van der Waals surface area contributed by atoms with Gasteiger partial charge in [-0.3, -0.25) is 0 Å². The van der Waals surface area contributed by atoms with Crippen LogP contribution in [0.3, 0.4) is 0 Å². The molecule has 3 aromatic rings. The van der Waals surface area contributed by atoms with Crippen LogP contribution in [-0.4, -0.2) is 14.2 Å². The van der Waals surface area contributed by atoms with Crippen LogP contribution in [-0.2, 0) is 0 Å². The molecule has 80 valence electrons. The molecule has 0 unspecified atom stereocenters. The molecule has 5 heteroatoms. The Morgan fingerprint density at radius 2 is 2.25 bits per heavy atom. The molecular formula is C11H10N4S. The molecule has 4 nitrogen and oxygen atoms in total. The molecule has 0 radical (unpaired) electrons. The molecule has 16 heavy (non-hydrogen) atoms. The number of anilines is 1. The third kappa shape index (κ3) is 1.37. The molecule has 3 rings (SSSR count). The summed E-state index contributed by atoms with van der Waals surface area (Å²) in [5.41, 5.74) is 7.65. The van der Waals surface area contributed by atoms with E-state index in [0.717, 1.165) is 27.2 Å². The fraction of sp³-hybridized carbons (Fsp3) is 0.0909. The quantitative estimate of drug-likeness (QED) is 0.653. The average Bonchev–Trinajstić information content (AvgIpc) is 2.83. The fourth-order valence-electron chi connectivity index (χ4n) is 1.64. The molecule has 0 saturated carbocycles. The first-order chi connectivity index (χ1) is 7.74. The zero-order valence-corrected chi connectivity index (χ0v) is 9.53.